The largest absolute Gasteiger partial charge is 0.462 e. The molecule has 0 aromatic heterocycles. The average molecular weight is 1000 g/mol. The summed E-state index contributed by atoms with van der Waals surface area (Å²) >= 11 is 0. The highest BCUT2D eigenvalue weighted by molar-refractivity contribution is 5.71. The van der Waals surface area contributed by atoms with E-state index in [0.29, 0.717) is 19.3 Å². The molecule has 1 atom stereocenters. The van der Waals surface area contributed by atoms with Crippen LogP contribution in [0.3, 0.4) is 0 Å². The van der Waals surface area contributed by atoms with Crippen molar-refractivity contribution in [3.05, 3.63) is 0 Å². The number of carbonyl (C=O) groups excluding carboxylic acids is 3. The minimum atomic E-state index is -0.762. The summed E-state index contributed by atoms with van der Waals surface area (Å²) in [6.45, 7) is 6.72. The fourth-order valence-corrected chi connectivity index (χ4v) is 10.2. The lowest BCUT2D eigenvalue weighted by Crippen LogP contribution is -2.30. The van der Waals surface area contributed by atoms with Crippen molar-refractivity contribution in [2.75, 3.05) is 13.2 Å². The van der Waals surface area contributed by atoms with Gasteiger partial charge in [0.15, 0.2) is 6.10 Å². The fourth-order valence-electron chi connectivity index (χ4n) is 10.2. The van der Waals surface area contributed by atoms with E-state index in [0.717, 1.165) is 57.8 Å². The zero-order chi connectivity index (χ0) is 51.4. The number of rotatable bonds is 61. The van der Waals surface area contributed by atoms with Gasteiger partial charge in [-0.15, -0.1) is 0 Å². The van der Waals surface area contributed by atoms with Crippen LogP contribution in [-0.4, -0.2) is 37.2 Å². The summed E-state index contributed by atoms with van der Waals surface area (Å²) in [6, 6.07) is 0. The maximum absolute atomic E-state index is 12.9. The Balaban J connectivity index is 4.19. The summed E-state index contributed by atoms with van der Waals surface area (Å²) in [4.78, 5) is 38.2. The second kappa shape index (κ2) is 61.0. The number of esters is 3. The molecular formula is C65H126O6. The first-order valence-electron chi connectivity index (χ1n) is 32.5. The van der Waals surface area contributed by atoms with Gasteiger partial charge in [-0.2, -0.15) is 0 Å². The quantitative estimate of drug-likeness (QED) is 0.0343. The van der Waals surface area contributed by atoms with Gasteiger partial charge in [0.1, 0.15) is 13.2 Å². The number of hydrogen-bond acceptors (Lipinski definition) is 6. The van der Waals surface area contributed by atoms with Crippen LogP contribution in [0.4, 0.5) is 0 Å². The first-order valence-corrected chi connectivity index (χ1v) is 32.5. The SMILES string of the molecule is CCCCCCCCCCCCCCCCCCCCCCCCC(=O)OCC(COC(=O)CCCCCCCCCCCCC)OC(=O)CCCCCCCCCCCCCCCCCCCCCC. The number of unbranched alkanes of at least 4 members (excludes halogenated alkanes) is 50. The maximum Gasteiger partial charge on any atom is 0.306 e. The van der Waals surface area contributed by atoms with Crippen molar-refractivity contribution in [3.8, 4) is 0 Å². The maximum atomic E-state index is 12.9. The lowest BCUT2D eigenvalue weighted by molar-refractivity contribution is -0.167. The molecule has 0 saturated carbocycles. The molecule has 6 heteroatoms. The Morgan fingerprint density at radius 3 is 0.563 bits per heavy atom. The molecule has 0 bridgehead atoms. The van der Waals surface area contributed by atoms with Gasteiger partial charge in [0.2, 0.25) is 0 Å². The Labute approximate surface area is 444 Å². The van der Waals surface area contributed by atoms with Gasteiger partial charge in [-0.1, -0.05) is 342 Å². The van der Waals surface area contributed by atoms with E-state index in [-0.39, 0.29) is 31.1 Å². The van der Waals surface area contributed by atoms with E-state index in [2.05, 4.69) is 20.8 Å². The summed E-state index contributed by atoms with van der Waals surface area (Å²) in [5.74, 6) is -0.827. The Morgan fingerprint density at radius 1 is 0.225 bits per heavy atom. The van der Waals surface area contributed by atoms with E-state index in [4.69, 9.17) is 14.2 Å². The molecule has 0 aromatic carbocycles. The fraction of sp³-hybridized carbons (Fsp3) is 0.954. The van der Waals surface area contributed by atoms with Crippen molar-refractivity contribution in [1.82, 2.24) is 0 Å². The van der Waals surface area contributed by atoms with Gasteiger partial charge in [0.05, 0.1) is 0 Å². The van der Waals surface area contributed by atoms with E-state index in [9.17, 15) is 14.4 Å². The van der Waals surface area contributed by atoms with Crippen LogP contribution in [0.5, 0.6) is 0 Å². The van der Waals surface area contributed by atoms with Gasteiger partial charge >= 0.3 is 17.9 Å². The molecule has 0 aliphatic carbocycles. The number of hydrogen-bond donors (Lipinski definition) is 0. The summed E-state index contributed by atoms with van der Waals surface area (Å²) in [7, 11) is 0. The smallest absolute Gasteiger partial charge is 0.306 e. The molecule has 0 radical (unpaired) electrons. The summed E-state index contributed by atoms with van der Waals surface area (Å²) in [6.07, 6.45) is 69.8. The second-order valence-corrected chi connectivity index (χ2v) is 22.4. The minimum absolute atomic E-state index is 0.0607. The van der Waals surface area contributed by atoms with Crippen molar-refractivity contribution >= 4 is 17.9 Å². The highest BCUT2D eigenvalue weighted by Gasteiger charge is 2.19. The molecule has 0 rings (SSSR count). The molecule has 0 fully saturated rings. The number of carbonyl (C=O) groups is 3. The minimum Gasteiger partial charge on any atom is -0.462 e. The second-order valence-electron chi connectivity index (χ2n) is 22.4. The van der Waals surface area contributed by atoms with E-state index in [1.807, 2.05) is 0 Å². The molecule has 0 N–H and O–H groups in total. The van der Waals surface area contributed by atoms with Crippen molar-refractivity contribution in [2.45, 2.75) is 386 Å². The molecular weight excluding hydrogens is 877 g/mol. The van der Waals surface area contributed by atoms with E-state index < -0.39 is 6.10 Å². The monoisotopic (exact) mass is 1000 g/mol. The third-order valence-electron chi connectivity index (χ3n) is 15.1. The van der Waals surface area contributed by atoms with Crippen molar-refractivity contribution in [3.63, 3.8) is 0 Å². The molecule has 0 spiro atoms. The van der Waals surface area contributed by atoms with Gasteiger partial charge in [0.25, 0.3) is 0 Å². The topological polar surface area (TPSA) is 78.9 Å². The zero-order valence-electron chi connectivity index (χ0n) is 48.5. The molecule has 0 aliphatic heterocycles. The van der Waals surface area contributed by atoms with Crippen molar-refractivity contribution in [2.24, 2.45) is 0 Å². The Kier molecular flexibility index (Phi) is 59.6. The highest BCUT2D eigenvalue weighted by atomic mass is 16.6. The first-order chi connectivity index (χ1) is 35.0. The van der Waals surface area contributed by atoms with E-state index >= 15 is 0 Å². The van der Waals surface area contributed by atoms with Crippen LogP contribution in [0.15, 0.2) is 0 Å². The predicted molar refractivity (Wildman–Crippen MR) is 307 cm³/mol. The van der Waals surface area contributed by atoms with Crippen LogP contribution < -0.4 is 0 Å². The van der Waals surface area contributed by atoms with Crippen LogP contribution >= 0.6 is 0 Å². The van der Waals surface area contributed by atoms with Crippen LogP contribution in [0.2, 0.25) is 0 Å². The van der Waals surface area contributed by atoms with Gasteiger partial charge in [-0.3, -0.25) is 14.4 Å². The van der Waals surface area contributed by atoms with Crippen molar-refractivity contribution < 1.29 is 28.6 Å². The first kappa shape index (κ1) is 69.4. The lowest BCUT2D eigenvalue weighted by atomic mass is 10.0. The molecule has 0 saturated heterocycles. The summed E-state index contributed by atoms with van der Waals surface area (Å²) in [5.41, 5.74) is 0. The molecule has 1 unspecified atom stereocenters. The summed E-state index contributed by atoms with van der Waals surface area (Å²) < 4.78 is 16.9. The number of ether oxygens (including phenoxy) is 3. The van der Waals surface area contributed by atoms with Crippen LogP contribution in [0.25, 0.3) is 0 Å². The predicted octanol–water partition coefficient (Wildman–Crippen LogP) is 21.9. The molecule has 6 nitrogen and oxygen atoms in total. The van der Waals surface area contributed by atoms with E-state index in [1.54, 1.807) is 0 Å². The summed E-state index contributed by atoms with van der Waals surface area (Å²) in [5, 5.41) is 0. The Bertz CT molecular complexity index is 1060. The lowest BCUT2D eigenvalue weighted by Gasteiger charge is -2.18. The van der Waals surface area contributed by atoms with Crippen LogP contribution in [0.1, 0.15) is 380 Å². The molecule has 0 aromatic rings. The zero-order valence-corrected chi connectivity index (χ0v) is 48.5. The average Bonchev–Trinajstić information content (AvgIpc) is 3.37. The van der Waals surface area contributed by atoms with E-state index in [1.165, 1.54) is 283 Å². The third-order valence-corrected chi connectivity index (χ3v) is 15.1. The normalized spacial score (nSPS) is 11.9. The van der Waals surface area contributed by atoms with Gasteiger partial charge in [-0.25, -0.2) is 0 Å². The van der Waals surface area contributed by atoms with Gasteiger partial charge in [0, 0.05) is 19.3 Å². The molecule has 0 heterocycles. The molecule has 0 aliphatic rings. The van der Waals surface area contributed by atoms with Gasteiger partial charge < -0.3 is 14.2 Å². The van der Waals surface area contributed by atoms with Crippen LogP contribution in [-0.2, 0) is 28.6 Å². The van der Waals surface area contributed by atoms with Crippen molar-refractivity contribution in [1.29, 1.82) is 0 Å². The molecule has 71 heavy (non-hydrogen) atoms. The van der Waals surface area contributed by atoms with Crippen LogP contribution in [0, 0.1) is 0 Å². The third kappa shape index (κ3) is 59.2. The molecule has 422 valence electrons. The highest BCUT2D eigenvalue weighted by Crippen LogP contribution is 2.19. The van der Waals surface area contributed by atoms with Gasteiger partial charge in [-0.05, 0) is 19.3 Å². The standard InChI is InChI=1S/C65H126O6/c1-4-7-10-13-16-19-22-24-26-28-30-32-33-35-36-38-40-43-46-49-52-55-58-64(67)70-61-62(60-69-63(66)57-54-51-48-45-42-21-18-15-12-9-6-3)71-65(68)59-56-53-50-47-44-41-39-37-34-31-29-27-25-23-20-17-14-11-8-5-2/h62H,4-61H2,1-3H3. The molecule has 0 amide bonds. The Morgan fingerprint density at radius 2 is 0.380 bits per heavy atom. The Hall–Kier alpha value is -1.59.